The minimum atomic E-state index is -0.0615. The second-order valence-corrected chi connectivity index (χ2v) is 5.69. The highest BCUT2D eigenvalue weighted by Crippen LogP contribution is 2.25. The van der Waals surface area contributed by atoms with Crippen LogP contribution in [-0.4, -0.2) is 66.0 Å². The third-order valence-corrected chi connectivity index (χ3v) is 4.02. The van der Waals surface area contributed by atoms with Crippen molar-refractivity contribution in [2.24, 2.45) is 0 Å². The van der Waals surface area contributed by atoms with E-state index in [0.29, 0.717) is 30.5 Å². The van der Waals surface area contributed by atoms with E-state index in [-0.39, 0.29) is 5.91 Å². The summed E-state index contributed by atoms with van der Waals surface area (Å²) in [7, 11) is 3.66. The Balaban J connectivity index is 1.75. The number of rotatable bonds is 4. The first kappa shape index (κ1) is 16.2. The molecule has 2 aromatic rings. The van der Waals surface area contributed by atoms with Crippen LogP contribution in [0.3, 0.4) is 0 Å². The third kappa shape index (κ3) is 3.62. The van der Waals surface area contributed by atoms with Crippen LogP contribution in [0.25, 0.3) is 0 Å². The van der Waals surface area contributed by atoms with E-state index >= 15 is 0 Å². The van der Waals surface area contributed by atoms with Gasteiger partial charge in [0, 0.05) is 32.4 Å². The van der Waals surface area contributed by atoms with Crippen molar-refractivity contribution >= 4 is 17.5 Å². The summed E-state index contributed by atoms with van der Waals surface area (Å²) in [6, 6.07) is 9.15. The molecule has 1 fully saturated rings. The monoisotopic (exact) mass is 327 g/mol. The van der Waals surface area contributed by atoms with Crippen molar-refractivity contribution in [1.82, 2.24) is 19.8 Å². The molecule has 0 bridgehead atoms. The number of anilines is 2. The number of nitrogens with zero attached hydrogens (tertiary/aromatic N) is 4. The van der Waals surface area contributed by atoms with Gasteiger partial charge in [-0.25, -0.2) is 9.97 Å². The molecule has 0 atom stereocenters. The average molecular weight is 327 g/mol. The second kappa shape index (κ2) is 7.27. The molecule has 0 saturated carbocycles. The van der Waals surface area contributed by atoms with Gasteiger partial charge in [-0.1, -0.05) is 12.1 Å². The number of hydrogen-bond donors (Lipinski definition) is 1. The number of nitrogens with one attached hydrogen (secondary N) is 1. The lowest BCUT2D eigenvalue weighted by Crippen LogP contribution is -2.47. The van der Waals surface area contributed by atoms with Crippen molar-refractivity contribution in [2.45, 2.75) is 0 Å². The molecule has 1 aromatic heterocycles. The number of piperazine rings is 1. The quantitative estimate of drug-likeness (QED) is 0.920. The zero-order valence-electron chi connectivity index (χ0n) is 13.9. The first-order valence-electron chi connectivity index (χ1n) is 7.88. The van der Waals surface area contributed by atoms with Gasteiger partial charge in [0.05, 0.1) is 12.8 Å². The third-order valence-electron chi connectivity index (χ3n) is 4.02. The first-order chi connectivity index (χ1) is 11.7. The standard InChI is InChI=1S/C17H21N5O2/c1-21-9-11-22(12-10-21)16(23)14-7-8-18-17(20-14)19-13-5-3-4-6-15(13)24-2/h3-8H,9-12H2,1-2H3,(H,18,19,20). The Labute approximate surface area is 141 Å². The Morgan fingerprint density at radius 2 is 1.92 bits per heavy atom. The normalized spacial score (nSPS) is 15.2. The summed E-state index contributed by atoms with van der Waals surface area (Å²) in [6.45, 7) is 3.19. The maximum absolute atomic E-state index is 12.6. The van der Waals surface area contributed by atoms with Crippen LogP contribution in [0.5, 0.6) is 5.75 Å². The van der Waals surface area contributed by atoms with Crippen LogP contribution in [0, 0.1) is 0 Å². The molecule has 7 nitrogen and oxygen atoms in total. The Morgan fingerprint density at radius 3 is 2.67 bits per heavy atom. The molecular formula is C17H21N5O2. The van der Waals surface area contributed by atoms with E-state index in [0.717, 1.165) is 18.8 Å². The summed E-state index contributed by atoms with van der Waals surface area (Å²) in [5.74, 6) is 1.00. The maximum atomic E-state index is 12.6. The van der Waals surface area contributed by atoms with Crippen molar-refractivity contribution in [2.75, 3.05) is 45.7 Å². The molecule has 3 rings (SSSR count). The summed E-state index contributed by atoms with van der Waals surface area (Å²) >= 11 is 0. The zero-order valence-corrected chi connectivity index (χ0v) is 13.9. The van der Waals surface area contributed by atoms with Gasteiger partial charge < -0.3 is 19.9 Å². The molecule has 2 heterocycles. The van der Waals surface area contributed by atoms with Crippen molar-refractivity contribution < 1.29 is 9.53 Å². The molecule has 7 heteroatoms. The van der Waals surface area contributed by atoms with Crippen LogP contribution in [0.15, 0.2) is 36.5 Å². The van der Waals surface area contributed by atoms with E-state index in [1.807, 2.05) is 29.2 Å². The van der Waals surface area contributed by atoms with Crippen LogP contribution >= 0.6 is 0 Å². The van der Waals surface area contributed by atoms with Gasteiger partial charge in [-0.05, 0) is 25.2 Å². The zero-order chi connectivity index (χ0) is 16.9. The average Bonchev–Trinajstić information content (AvgIpc) is 2.62. The lowest BCUT2D eigenvalue weighted by atomic mass is 10.3. The topological polar surface area (TPSA) is 70.6 Å². The predicted molar refractivity (Wildman–Crippen MR) is 91.7 cm³/mol. The molecule has 1 amide bonds. The minimum absolute atomic E-state index is 0.0615. The maximum Gasteiger partial charge on any atom is 0.272 e. The van der Waals surface area contributed by atoms with Crippen molar-refractivity contribution in [3.8, 4) is 5.75 Å². The largest absolute Gasteiger partial charge is 0.495 e. The Kier molecular flexibility index (Phi) is 4.90. The molecular weight excluding hydrogens is 306 g/mol. The fourth-order valence-electron chi connectivity index (χ4n) is 2.58. The highest BCUT2D eigenvalue weighted by Gasteiger charge is 2.21. The van der Waals surface area contributed by atoms with Crippen LogP contribution < -0.4 is 10.1 Å². The SMILES string of the molecule is COc1ccccc1Nc1nccc(C(=O)N2CCN(C)CC2)n1. The fraction of sp³-hybridized carbons (Fsp3) is 0.353. The highest BCUT2D eigenvalue weighted by atomic mass is 16.5. The summed E-state index contributed by atoms with van der Waals surface area (Å²) in [4.78, 5) is 25.2. The molecule has 24 heavy (non-hydrogen) atoms. The smallest absolute Gasteiger partial charge is 0.272 e. The number of methoxy groups -OCH3 is 1. The van der Waals surface area contributed by atoms with Gasteiger partial charge in [0.2, 0.25) is 5.95 Å². The van der Waals surface area contributed by atoms with E-state index in [4.69, 9.17) is 4.74 Å². The molecule has 1 N–H and O–H groups in total. The van der Waals surface area contributed by atoms with Gasteiger partial charge in [0.25, 0.3) is 5.91 Å². The number of amides is 1. The lowest BCUT2D eigenvalue weighted by Gasteiger charge is -2.32. The van der Waals surface area contributed by atoms with Crippen LogP contribution in [0.1, 0.15) is 10.5 Å². The van der Waals surface area contributed by atoms with Crippen LogP contribution in [0.4, 0.5) is 11.6 Å². The van der Waals surface area contributed by atoms with E-state index < -0.39 is 0 Å². The number of carbonyl (C=O) groups is 1. The Hall–Kier alpha value is -2.67. The summed E-state index contributed by atoms with van der Waals surface area (Å²) in [5, 5.41) is 3.10. The van der Waals surface area contributed by atoms with Crippen LogP contribution in [0.2, 0.25) is 0 Å². The molecule has 126 valence electrons. The number of likely N-dealkylation sites (N-methyl/N-ethyl adjacent to an activating group) is 1. The molecule has 0 radical (unpaired) electrons. The molecule has 0 spiro atoms. The number of ether oxygens (including phenoxy) is 1. The Bertz CT molecular complexity index is 714. The van der Waals surface area contributed by atoms with Gasteiger partial charge in [0.15, 0.2) is 0 Å². The predicted octanol–water partition coefficient (Wildman–Crippen LogP) is 1.62. The lowest BCUT2D eigenvalue weighted by molar-refractivity contribution is 0.0658. The Morgan fingerprint density at radius 1 is 1.17 bits per heavy atom. The van der Waals surface area contributed by atoms with Gasteiger partial charge >= 0.3 is 0 Å². The second-order valence-electron chi connectivity index (χ2n) is 5.69. The minimum Gasteiger partial charge on any atom is -0.495 e. The highest BCUT2D eigenvalue weighted by molar-refractivity contribution is 5.92. The van der Waals surface area contributed by atoms with E-state index in [1.54, 1.807) is 19.4 Å². The van der Waals surface area contributed by atoms with Crippen molar-refractivity contribution in [3.63, 3.8) is 0 Å². The molecule has 0 unspecified atom stereocenters. The number of benzene rings is 1. The number of hydrogen-bond acceptors (Lipinski definition) is 6. The summed E-state index contributed by atoms with van der Waals surface area (Å²) in [6.07, 6.45) is 1.59. The number of para-hydroxylation sites is 2. The van der Waals surface area contributed by atoms with Gasteiger partial charge in [-0.3, -0.25) is 4.79 Å². The molecule has 1 aromatic carbocycles. The fourth-order valence-corrected chi connectivity index (χ4v) is 2.58. The van der Waals surface area contributed by atoms with E-state index in [9.17, 15) is 4.79 Å². The van der Waals surface area contributed by atoms with Crippen molar-refractivity contribution in [1.29, 1.82) is 0 Å². The van der Waals surface area contributed by atoms with Crippen molar-refractivity contribution in [3.05, 3.63) is 42.2 Å². The first-order valence-corrected chi connectivity index (χ1v) is 7.88. The number of carbonyl (C=O) groups excluding carboxylic acids is 1. The van der Waals surface area contributed by atoms with E-state index in [2.05, 4.69) is 27.2 Å². The van der Waals surface area contributed by atoms with Gasteiger partial charge in [0.1, 0.15) is 11.4 Å². The summed E-state index contributed by atoms with van der Waals surface area (Å²) in [5.41, 5.74) is 1.15. The van der Waals surface area contributed by atoms with Crippen LogP contribution in [-0.2, 0) is 0 Å². The summed E-state index contributed by atoms with van der Waals surface area (Å²) < 4.78 is 5.30. The van der Waals surface area contributed by atoms with Gasteiger partial charge in [-0.2, -0.15) is 0 Å². The molecule has 1 aliphatic heterocycles. The van der Waals surface area contributed by atoms with E-state index in [1.165, 1.54) is 0 Å². The molecule has 1 aliphatic rings. The van der Waals surface area contributed by atoms with Gasteiger partial charge in [-0.15, -0.1) is 0 Å². The number of aromatic nitrogens is 2. The molecule has 0 aliphatic carbocycles. The molecule has 1 saturated heterocycles.